The van der Waals surface area contributed by atoms with Crippen molar-refractivity contribution in [1.82, 2.24) is 15.2 Å². The Hall–Kier alpha value is -2.50. The summed E-state index contributed by atoms with van der Waals surface area (Å²) in [5.41, 5.74) is 1.65. The van der Waals surface area contributed by atoms with E-state index < -0.39 is 5.97 Å². The van der Waals surface area contributed by atoms with Crippen LogP contribution >= 0.6 is 0 Å². The highest BCUT2D eigenvalue weighted by Crippen LogP contribution is 2.16. The van der Waals surface area contributed by atoms with Gasteiger partial charge in [0.15, 0.2) is 5.82 Å². The number of likely N-dealkylation sites (N-methyl/N-ethyl adjacent to an activating group) is 1. The lowest BCUT2D eigenvalue weighted by atomic mass is 10.2. The van der Waals surface area contributed by atoms with Gasteiger partial charge in [-0.1, -0.05) is 0 Å². The Morgan fingerprint density at radius 1 is 1.22 bits per heavy atom. The van der Waals surface area contributed by atoms with Gasteiger partial charge in [0.05, 0.1) is 5.69 Å². The molecule has 0 atom stereocenters. The molecule has 0 aliphatic heterocycles. The second-order valence-electron chi connectivity index (χ2n) is 3.76. The molecular weight excluding hydrogens is 232 g/mol. The van der Waals surface area contributed by atoms with Crippen molar-refractivity contribution in [1.29, 1.82) is 0 Å². The number of hydrogen-bond acceptors (Lipinski definition) is 5. The molecule has 2 rings (SSSR count). The van der Waals surface area contributed by atoms with Gasteiger partial charge in [0.25, 0.3) is 0 Å². The number of hydrogen-bond donors (Lipinski definition) is 1. The van der Waals surface area contributed by atoms with Gasteiger partial charge in [-0.3, -0.25) is 9.78 Å². The minimum Gasteiger partial charge on any atom is -0.480 e. The molecule has 2 heterocycles. The number of anilines is 1. The van der Waals surface area contributed by atoms with Crippen LogP contribution in [0.25, 0.3) is 11.3 Å². The summed E-state index contributed by atoms with van der Waals surface area (Å²) >= 11 is 0. The molecule has 0 fully saturated rings. The molecule has 0 spiro atoms. The van der Waals surface area contributed by atoms with Crippen LogP contribution in [0.1, 0.15) is 0 Å². The fourth-order valence-electron chi connectivity index (χ4n) is 1.49. The molecule has 0 aromatic carbocycles. The predicted molar refractivity (Wildman–Crippen MR) is 66.2 cm³/mol. The molecule has 0 amide bonds. The van der Waals surface area contributed by atoms with Gasteiger partial charge in [-0.2, -0.15) is 0 Å². The molecule has 0 saturated carbocycles. The van der Waals surface area contributed by atoms with E-state index in [2.05, 4.69) is 15.2 Å². The molecule has 0 saturated heterocycles. The van der Waals surface area contributed by atoms with Crippen LogP contribution in [0.15, 0.2) is 36.7 Å². The van der Waals surface area contributed by atoms with Crippen molar-refractivity contribution >= 4 is 11.8 Å². The third-order valence-electron chi connectivity index (χ3n) is 2.39. The van der Waals surface area contributed by atoms with E-state index in [1.165, 1.54) is 4.90 Å². The highest BCUT2D eigenvalue weighted by molar-refractivity contribution is 5.73. The van der Waals surface area contributed by atoms with Crippen molar-refractivity contribution < 1.29 is 9.90 Å². The lowest BCUT2D eigenvalue weighted by molar-refractivity contribution is -0.135. The lowest BCUT2D eigenvalue weighted by Gasteiger charge is -2.14. The second-order valence-corrected chi connectivity index (χ2v) is 3.76. The van der Waals surface area contributed by atoms with Crippen molar-refractivity contribution in [2.24, 2.45) is 0 Å². The largest absolute Gasteiger partial charge is 0.480 e. The molecule has 0 bridgehead atoms. The fourth-order valence-corrected chi connectivity index (χ4v) is 1.49. The molecule has 2 aromatic heterocycles. The van der Waals surface area contributed by atoms with E-state index in [-0.39, 0.29) is 6.54 Å². The maximum absolute atomic E-state index is 10.6. The Kier molecular flexibility index (Phi) is 3.47. The highest BCUT2D eigenvalue weighted by atomic mass is 16.4. The summed E-state index contributed by atoms with van der Waals surface area (Å²) in [6.45, 7) is -0.108. The maximum atomic E-state index is 10.6. The van der Waals surface area contributed by atoms with Gasteiger partial charge in [0.2, 0.25) is 0 Å². The van der Waals surface area contributed by atoms with Crippen LogP contribution in [0.2, 0.25) is 0 Å². The molecule has 0 aliphatic carbocycles. The normalized spacial score (nSPS) is 10.1. The average molecular weight is 244 g/mol. The molecular formula is C12H12N4O2. The Morgan fingerprint density at radius 2 is 1.94 bits per heavy atom. The van der Waals surface area contributed by atoms with Crippen LogP contribution in [-0.2, 0) is 4.79 Å². The van der Waals surface area contributed by atoms with Gasteiger partial charge >= 0.3 is 5.97 Å². The summed E-state index contributed by atoms with van der Waals surface area (Å²) in [4.78, 5) is 16.0. The summed E-state index contributed by atoms with van der Waals surface area (Å²) in [7, 11) is 1.66. The minimum atomic E-state index is -0.905. The van der Waals surface area contributed by atoms with E-state index in [1.54, 1.807) is 31.6 Å². The summed E-state index contributed by atoms with van der Waals surface area (Å²) in [6.07, 6.45) is 3.36. The van der Waals surface area contributed by atoms with Crippen LogP contribution in [0.3, 0.4) is 0 Å². The van der Waals surface area contributed by atoms with E-state index in [4.69, 9.17) is 5.11 Å². The summed E-state index contributed by atoms with van der Waals surface area (Å²) in [5, 5.41) is 16.7. The quantitative estimate of drug-likeness (QED) is 0.866. The van der Waals surface area contributed by atoms with Crippen LogP contribution in [-0.4, -0.2) is 39.8 Å². The van der Waals surface area contributed by atoms with Gasteiger partial charge < -0.3 is 10.0 Å². The van der Waals surface area contributed by atoms with Crippen molar-refractivity contribution in [3.05, 3.63) is 36.7 Å². The average Bonchev–Trinajstić information content (AvgIpc) is 2.39. The zero-order valence-electron chi connectivity index (χ0n) is 9.82. The Bertz CT molecular complexity index is 528. The van der Waals surface area contributed by atoms with Gasteiger partial charge in [-0.05, 0) is 24.3 Å². The second kappa shape index (κ2) is 5.22. The van der Waals surface area contributed by atoms with E-state index in [1.807, 2.05) is 12.1 Å². The van der Waals surface area contributed by atoms with Gasteiger partial charge in [0, 0.05) is 25.0 Å². The zero-order valence-corrected chi connectivity index (χ0v) is 9.82. The molecule has 92 valence electrons. The number of carboxylic acid groups (broad SMARTS) is 1. The van der Waals surface area contributed by atoms with Crippen LogP contribution in [0.4, 0.5) is 5.82 Å². The third-order valence-corrected chi connectivity index (χ3v) is 2.39. The van der Waals surface area contributed by atoms with Gasteiger partial charge in [-0.15, -0.1) is 10.2 Å². The van der Waals surface area contributed by atoms with Crippen LogP contribution < -0.4 is 4.90 Å². The third kappa shape index (κ3) is 2.79. The molecule has 0 radical (unpaired) electrons. The Balaban J connectivity index is 2.18. The van der Waals surface area contributed by atoms with E-state index in [0.717, 1.165) is 11.3 Å². The van der Waals surface area contributed by atoms with E-state index >= 15 is 0 Å². The van der Waals surface area contributed by atoms with Gasteiger partial charge in [0.1, 0.15) is 6.54 Å². The van der Waals surface area contributed by atoms with Crippen molar-refractivity contribution in [3.63, 3.8) is 0 Å². The first-order chi connectivity index (χ1) is 8.66. The van der Waals surface area contributed by atoms with Crippen LogP contribution in [0, 0.1) is 0 Å². The molecule has 18 heavy (non-hydrogen) atoms. The number of rotatable bonds is 4. The van der Waals surface area contributed by atoms with Crippen LogP contribution in [0.5, 0.6) is 0 Å². The molecule has 6 nitrogen and oxygen atoms in total. The zero-order chi connectivity index (χ0) is 13.0. The monoisotopic (exact) mass is 244 g/mol. The number of pyridine rings is 1. The Labute approximate surface area is 104 Å². The Morgan fingerprint density at radius 3 is 2.50 bits per heavy atom. The number of aromatic nitrogens is 3. The summed E-state index contributed by atoms with van der Waals surface area (Å²) < 4.78 is 0. The highest BCUT2D eigenvalue weighted by Gasteiger charge is 2.08. The summed E-state index contributed by atoms with van der Waals surface area (Å²) in [6, 6.07) is 7.22. The first kappa shape index (κ1) is 12.0. The molecule has 1 N–H and O–H groups in total. The number of aliphatic carboxylic acids is 1. The van der Waals surface area contributed by atoms with E-state index in [9.17, 15) is 4.79 Å². The molecule has 6 heteroatoms. The fraction of sp³-hybridized carbons (Fsp3) is 0.167. The maximum Gasteiger partial charge on any atom is 0.323 e. The smallest absolute Gasteiger partial charge is 0.323 e. The number of carboxylic acids is 1. The first-order valence-corrected chi connectivity index (χ1v) is 5.34. The minimum absolute atomic E-state index is 0.108. The first-order valence-electron chi connectivity index (χ1n) is 5.34. The predicted octanol–water partition coefficient (Wildman–Crippen LogP) is 1.06. The molecule has 2 aromatic rings. The molecule has 0 unspecified atom stereocenters. The lowest BCUT2D eigenvalue weighted by Crippen LogP contribution is -2.26. The van der Waals surface area contributed by atoms with Crippen molar-refractivity contribution in [3.8, 4) is 11.3 Å². The van der Waals surface area contributed by atoms with E-state index in [0.29, 0.717) is 5.82 Å². The van der Waals surface area contributed by atoms with Crippen molar-refractivity contribution in [2.45, 2.75) is 0 Å². The topological polar surface area (TPSA) is 79.2 Å². The number of nitrogens with zero attached hydrogens (tertiary/aromatic N) is 4. The van der Waals surface area contributed by atoms with Gasteiger partial charge in [-0.25, -0.2) is 0 Å². The summed E-state index contributed by atoms with van der Waals surface area (Å²) in [5.74, 6) is -0.382. The number of carbonyl (C=O) groups is 1. The van der Waals surface area contributed by atoms with Crippen molar-refractivity contribution in [2.75, 3.05) is 18.5 Å². The standard InChI is InChI=1S/C12H12N4O2/c1-16(8-12(17)18)11-3-2-10(14-15-11)9-4-6-13-7-5-9/h2-7H,8H2,1H3,(H,17,18). The molecule has 0 aliphatic rings. The SMILES string of the molecule is CN(CC(=O)O)c1ccc(-c2ccncc2)nn1.